The van der Waals surface area contributed by atoms with Crippen molar-refractivity contribution in [2.75, 3.05) is 41.4 Å². The topological polar surface area (TPSA) is 138 Å². The molecule has 2 rings (SSSR count). The Hall–Kier alpha value is -3.83. The molecule has 0 radical (unpaired) electrons. The Morgan fingerprint density at radius 1 is 0.870 bits per heavy atom. The molecule has 0 aliphatic carbocycles. The molecule has 11 heteroatoms. The molecule has 0 spiro atoms. The van der Waals surface area contributed by atoms with Gasteiger partial charge in [0, 0.05) is 19.0 Å². The summed E-state index contributed by atoms with van der Waals surface area (Å²) < 4.78 is 16.3. The number of benzene rings is 2. The number of aliphatic hydroxyl groups is 1. The number of hydrogen-bond acceptors (Lipinski definition) is 8. The van der Waals surface area contributed by atoms with Crippen molar-refractivity contribution >= 4 is 17.9 Å². The number of methoxy groups -OCH3 is 2. The first-order valence-electron chi connectivity index (χ1n) is 15.8. The minimum atomic E-state index is -1.13. The van der Waals surface area contributed by atoms with E-state index in [-0.39, 0.29) is 30.6 Å². The quantitative estimate of drug-likeness (QED) is 0.206. The van der Waals surface area contributed by atoms with Gasteiger partial charge in [0.2, 0.25) is 11.8 Å². The highest BCUT2D eigenvalue weighted by Gasteiger charge is 2.33. The fraction of sp³-hybridized carbons (Fsp3) is 0.571. The van der Waals surface area contributed by atoms with Gasteiger partial charge in [-0.2, -0.15) is 0 Å². The van der Waals surface area contributed by atoms with E-state index in [9.17, 15) is 19.5 Å². The molecule has 0 fully saturated rings. The number of amides is 3. The fourth-order valence-electron chi connectivity index (χ4n) is 4.96. The van der Waals surface area contributed by atoms with Crippen LogP contribution in [0.1, 0.15) is 52.2 Å². The lowest BCUT2D eigenvalue weighted by Gasteiger charge is -2.30. The Balaban J connectivity index is 2.39. The number of aliphatic hydroxyl groups excluding tert-OH is 1. The minimum absolute atomic E-state index is 0.000536. The van der Waals surface area contributed by atoms with E-state index < -0.39 is 35.8 Å². The van der Waals surface area contributed by atoms with Gasteiger partial charge in [0.1, 0.15) is 11.6 Å². The fourth-order valence-corrected chi connectivity index (χ4v) is 4.96. The van der Waals surface area contributed by atoms with Gasteiger partial charge in [-0.15, -0.1) is 0 Å². The SMILES string of the molecule is COc1ccc(C[C@H](C[C@H](O)[C@H](Cc2ccccc2)NC(=O)OC(C)(C)C)C(=O)N[C@H](C(=O)NCCN(C)C)C(C)C)cc1OC. The zero-order chi connectivity index (χ0) is 34.4. The number of nitrogens with one attached hydrogen (secondary N) is 3. The molecule has 11 nitrogen and oxygen atoms in total. The van der Waals surface area contributed by atoms with Crippen LogP contribution in [0.15, 0.2) is 48.5 Å². The van der Waals surface area contributed by atoms with Crippen molar-refractivity contribution in [1.82, 2.24) is 20.9 Å². The summed E-state index contributed by atoms with van der Waals surface area (Å²) in [4.78, 5) is 41.9. The average Bonchev–Trinajstić information content (AvgIpc) is 2.98. The number of likely N-dealkylation sites (N-methyl/N-ethyl adjacent to an activating group) is 1. The number of nitrogens with zero attached hydrogens (tertiary/aromatic N) is 1. The van der Waals surface area contributed by atoms with Crippen LogP contribution < -0.4 is 25.4 Å². The lowest BCUT2D eigenvalue weighted by Crippen LogP contribution is -2.53. The van der Waals surface area contributed by atoms with Crippen LogP contribution in [0.5, 0.6) is 11.5 Å². The molecule has 0 saturated heterocycles. The summed E-state index contributed by atoms with van der Waals surface area (Å²) in [5.74, 6) is -0.549. The van der Waals surface area contributed by atoms with Crippen LogP contribution in [0, 0.1) is 11.8 Å². The standard InChI is InChI=1S/C35H54N4O7/c1-23(2)31(33(42)36-17-18-39(6)7)38-32(41)26(19-25-15-16-29(44-8)30(21-25)45-9)22-28(40)27(20-24-13-11-10-12-14-24)37-34(43)46-35(3,4)5/h10-16,21,23,26-28,31,40H,17-20,22H2,1-9H3,(H,36,42)(H,37,43)(H,38,41)/t26-,27+,28+,31+/m1/s1. The Bertz CT molecular complexity index is 1250. The highest BCUT2D eigenvalue weighted by molar-refractivity contribution is 5.88. The van der Waals surface area contributed by atoms with Gasteiger partial charge in [0.05, 0.1) is 26.4 Å². The van der Waals surface area contributed by atoms with E-state index in [1.807, 2.05) is 69.2 Å². The summed E-state index contributed by atoms with van der Waals surface area (Å²) in [6, 6.07) is 13.3. The molecule has 0 saturated carbocycles. The normalized spacial score (nSPS) is 14.2. The first-order valence-corrected chi connectivity index (χ1v) is 15.8. The maximum Gasteiger partial charge on any atom is 0.407 e. The Morgan fingerprint density at radius 3 is 2.09 bits per heavy atom. The highest BCUT2D eigenvalue weighted by Crippen LogP contribution is 2.29. The Labute approximate surface area is 274 Å². The third-order valence-electron chi connectivity index (χ3n) is 7.40. The zero-order valence-electron chi connectivity index (χ0n) is 28.9. The second-order valence-corrected chi connectivity index (χ2v) is 13.2. The maximum absolute atomic E-state index is 14.0. The number of carbonyl (C=O) groups excluding carboxylic acids is 3. The van der Waals surface area contributed by atoms with Crippen LogP contribution in [0.3, 0.4) is 0 Å². The molecule has 46 heavy (non-hydrogen) atoms. The van der Waals surface area contributed by atoms with Crippen LogP contribution in [0.4, 0.5) is 4.79 Å². The summed E-state index contributed by atoms with van der Waals surface area (Å²) in [6.45, 7) is 10.1. The van der Waals surface area contributed by atoms with Gasteiger partial charge in [-0.25, -0.2) is 4.79 Å². The summed E-state index contributed by atoms with van der Waals surface area (Å²) in [6.07, 6.45) is -1.24. The van der Waals surface area contributed by atoms with Gasteiger partial charge >= 0.3 is 6.09 Å². The van der Waals surface area contributed by atoms with E-state index >= 15 is 0 Å². The summed E-state index contributed by atoms with van der Waals surface area (Å²) in [5, 5.41) is 20.3. The largest absolute Gasteiger partial charge is 0.493 e. The molecule has 4 atom stereocenters. The van der Waals surface area contributed by atoms with Crippen LogP contribution in [-0.2, 0) is 27.2 Å². The van der Waals surface area contributed by atoms with Crippen molar-refractivity contribution < 1.29 is 33.7 Å². The van der Waals surface area contributed by atoms with Crippen molar-refractivity contribution in [2.45, 2.75) is 77.7 Å². The molecule has 0 aliphatic rings. The van der Waals surface area contributed by atoms with Crippen molar-refractivity contribution in [2.24, 2.45) is 11.8 Å². The third-order valence-corrected chi connectivity index (χ3v) is 7.40. The van der Waals surface area contributed by atoms with E-state index in [1.165, 1.54) is 7.11 Å². The first-order chi connectivity index (χ1) is 21.6. The van der Waals surface area contributed by atoms with E-state index in [0.29, 0.717) is 31.0 Å². The molecule has 0 unspecified atom stereocenters. The molecular formula is C35H54N4O7. The van der Waals surface area contributed by atoms with Crippen LogP contribution in [-0.4, -0.2) is 93.1 Å². The van der Waals surface area contributed by atoms with Gasteiger partial charge in [-0.1, -0.05) is 50.2 Å². The summed E-state index contributed by atoms with van der Waals surface area (Å²) in [5.41, 5.74) is 0.945. The van der Waals surface area contributed by atoms with Gasteiger partial charge in [0.25, 0.3) is 0 Å². The maximum atomic E-state index is 14.0. The minimum Gasteiger partial charge on any atom is -0.493 e. The molecule has 2 aromatic carbocycles. The lowest BCUT2D eigenvalue weighted by molar-refractivity contribution is -0.132. The van der Waals surface area contributed by atoms with E-state index in [4.69, 9.17) is 14.2 Å². The second-order valence-electron chi connectivity index (χ2n) is 13.2. The summed E-state index contributed by atoms with van der Waals surface area (Å²) >= 11 is 0. The Kier molecular flexibility index (Phi) is 15.3. The monoisotopic (exact) mass is 642 g/mol. The van der Waals surface area contributed by atoms with Crippen LogP contribution in [0.25, 0.3) is 0 Å². The van der Waals surface area contributed by atoms with E-state index in [0.717, 1.165) is 11.1 Å². The van der Waals surface area contributed by atoms with Crippen LogP contribution >= 0.6 is 0 Å². The predicted molar refractivity (Wildman–Crippen MR) is 179 cm³/mol. The predicted octanol–water partition coefficient (Wildman–Crippen LogP) is 3.57. The van der Waals surface area contributed by atoms with E-state index in [1.54, 1.807) is 40.0 Å². The molecule has 2 aromatic rings. The van der Waals surface area contributed by atoms with Crippen LogP contribution in [0.2, 0.25) is 0 Å². The van der Waals surface area contributed by atoms with Crippen molar-refractivity contribution in [1.29, 1.82) is 0 Å². The number of ether oxygens (including phenoxy) is 3. The number of rotatable bonds is 17. The molecule has 0 bridgehead atoms. The lowest BCUT2D eigenvalue weighted by atomic mass is 9.88. The van der Waals surface area contributed by atoms with Gasteiger partial charge in [-0.05, 0) is 83.3 Å². The molecule has 0 aliphatic heterocycles. The summed E-state index contributed by atoms with van der Waals surface area (Å²) in [7, 11) is 6.92. The van der Waals surface area contributed by atoms with Gasteiger partial charge in [0.15, 0.2) is 11.5 Å². The molecule has 256 valence electrons. The van der Waals surface area contributed by atoms with Crippen molar-refractivity contribution in [3.63, 3.8) is 0 Å². The molecule has 4 N–H and O–H groups in total. The molecule has 0 aromatic heterocycles. The second kappa shape index (κ2) is 18.3. The van der Waals surface area contributed by atoms with Gasteiger partial charge < -0.3 is 40.2 Å². The number of carbonyl (C=O) groups is 3. The smallest absolute Gasteiger partial charge is 0.407 e. The average molecular weight is 643 g/mol. The molecule has 0 heterocycles. The van der Waals surface area contributed by atoms with Crippen molar-refractivity contribution in [3.8, 4) is 11.5 Å². The molecule has 3 amide bonds. The first kappa shape index (κ1) is 38.4. The third kappa shape index (κ3) is 13.3. The highest BCUT2D eigenvalue weighted by atomic mass is 16.6. The van der Waals surface area contributed by atoms with Gasteiger partial charge in [-0.3, -0.25) is 9.59 Å². The number of hydrogen-bond donors (Lipinski definition) is 4. The van der Waals surface area contributed by atoms with E-state index in [2.05, 4.69) is 16.0 Å². The number of alkyl carbamates (subject to hydrolysis) is 1. The Morgan fingerprint density at radius 2 is 1.52 bits per heavy atom. The van der Waals surface area contributed by atoms with Crippen molar-refractivity contribution in [3.05, 3.63) is 59.7 Å². The molecular weight excluding hydrogens is 588 g/mol. The zero-order valence-corrected chi connectivity index (χ0v) is 28.9.